The zero-order valence-electron chi connectivity index (χ0n) is 19.3. The quantitative estimate of drug-likeness (QED) is 0.464. The number of aliphatic hydroxyl groups excluding tert-OH is 1. The van der Waals surface area contributed by atoms with Gasteiger partial charge in [0.15, 0.2) is 0 Å². The van der Waals surface area contributed by atoms with Crippen LogP contribution in [0.1, 0.15) is 37.0 Å². The first-order valence-electron chi connectivity index (χ1n) is 11.2. The largest absolute Gasteiger partial charge is 0.416 e. The van der Waals surface area contributed by atoms with Gasteiger partial charge in [0.25, 0.3) is 0 Å². The lowest BCUT2D eigenvalue weighted by Gasteiger charge is -2.27. The lowest BCUT2D eigenvalue weighted by Crippen LogP contribution is -2.39. The monoisotopic (exact) mass is 482 g/mol. The van der Waals surface area contributed by atoms with E-state index in [1.807, 2.05) is 18.7 Å². The van der Waals surface area contributed by atoms with Crippen LogP contribution in [0.5, 0.6) is 0 Å². The van der Waals surface area contributed by atoms with Gasteiger partial charge in [-0.25, -0.2) is 4.39 Å². The van der Waals surface area contributed by atoms with E-state index in [0.29, 0.717) is 36.8 Å². The highest BCUT2D eigenvalue weighted by atomic mass is 19.4. The number of nitrogens with zero attached hydrogens (tertiary/aromatic N) is 2. The molecular weight excluding hydrogens is 452 g/mol. The molecule has 1 heterocycles. The minimum atomic E-state index is -4.43. The predicted octanol–water partition coefficient (Wildman–Crippen LogP) is 4.87. The third kappa shape index (κ3) is 8.07. The van der Waals surface area contributed by atoms with E-state index < -0.39 is 17.8 Å². The third-order valence-corrected chi connectivity index (χ3v) is 5.26. The van der Waals surface area contributed by atoms with Crippen molar-refractivity contribution in [2.45, 2.75) is 45.2 Å². The molecule has 0 saturated carbocycles. The Balaban J connectivity index is 1.66. The van der Waals surface area contributed by atoms with E-state index in [-0.39, 0.29) is 31.6 Å². The highest BCUT2D eigenvalue weighted by Gasteiger charge is 2.31. The first-order valence-corrected chi connectivity index (χ1v) is 11.2. The van der Waals surface area contributed by atoms with E-state index in [9.17, 15) is 22.7 Å². The highest BCUT2D eigenvalue weighted by Crippen LogP contribution is 2.30. The smallest absolute Gasteiger partial charge is 0.390 e. The number of alkyl halides is 3. The van der Waals surface area contributed by atoms with Crippen molar-refractivity contribution in [2.24, 2.45) is 11.1 Å². The Morgan fingerprint density at radius 1 is 1.15 bits per heavy atom. The molecule has 9 heteroatoms. The SMILES string of the molecule is CC(C)COC[C@H](O)CN(Cc1cccc(C(F)(F)F)c1)C[C@@H]1CC(c2ccc(F)cc2)=NO1. The summed E-state index contributed by atoms with van der Waals surface area (Å²) in [7, 11) is 0. The molecule has 34 heavy (non-hydrogen) atoms. The first-order chi connectivity index (χ1) is 16.1. The predicted molar refractivity (Wildman–Crippen MR) is 121 cm³/mol. The van der Waals surface area contributed by atoms with Gasteiger partial charge in [0, 0.05) is 32.7 Å². The van der Waals surface area contributed by atoms with Crippen LogP contribution in [0.3, 0.4) is 0 Å². The zero-order valence-corrected chi connectivity index (χ0v) is 19.3. The standard InChI is InChI=1S/C25H30F4N2O3/c1-17(2)15-33-16-22(32)13-31(12-18-4-3-5-20(10-18)25(27,28)29)14-23-11-24(30-34-23)19-6-8-21(26)9-7-19/h3-10,17,22-23,32H,11-16H2,1-2H3/t22-,23+/m1/s1. The average Bonchev–Trinajstić information content (AvgIpc) is 3.22. The minimum absolute atomic E-state index is 0.125. The Hall–Kier alpha value is -2.49. The minimum Gasteiger partial charge on any atom is -0.390 e. The second-order valence-corrected chi connectivity index (χ2v) is 8.95. The normalized spacial score (nSPS) is 17.2. The molecule has 2 aromatic carbocycles. The molecular formula is C25H30F4N2O3. The summed E-state index contributed by atoms with van der Waals surface area (Å²) in [4.78, 5) is 7.39. The maximum absolute atomic E-state index is 13.2. The Bertz CT molecular complexity index is 948. The van der Waals surface area contributed by atoms with Gasteiger partial charge in [0.1, 0.15) is 11.9 Å². The Labute approximate surface area is 197 Å². The van der Waals surface area contributed by atoms with Crippen molar-refractivity contribution in [3.63, 3.8) is 0 Å². The van der Waals surface area contributed by atoms with Crippen molar-refractivity contribution in [3.05, 3.63) is 71.0 Å². The Morgan fingerprint density at radius 2 is 1.88 bits per heavy atom. The molecule has 2 aromatic rings. The average molecular weight is 483 g/mol. The van der Waals surface area contributed by atoms with Gasteiger partial charge < -0.3 is 14.7 Å². The van der Waals surface area contributed by atoms with Gasteiger partial charge in [-0.15, -0.1) is 0 Å². The molecule has 0 spiro atoms. The number of ether oxygens (including phenoxy) is 1. The summed E-state index contributed by atoms with van der Waals surface area (Å²) >= 11 is 0. The Kier molecular flexibility index (Phi) is 9.04. The number of hydrogen-bond donors (Lipinski definition) is 1. The van der Waals surface area contributed by atoms with Crippen LogP contribution in [-0.4, -0.2) is 54.2 Å². The van der Waals surface area contributed by atoms with Gasteiger partial charge in [-0.05, 0) is 35.2 Å². The second kappa shape index (κ2) is 11.8. The zero-order chi connectivity index (χ0) is 24.7. The lowest BCUT2D eigenvalue weighted by atomic mass is 10.0. The molecule has 1 aliphatic rings. The molecule has 1 aliphatic heterocycles. The number of halogens is 4. The van der Waals surface area contributed by atoms with Gasteiger partial charge in [-0.1, -0.05) is 49.3 Å². The van der Waals surface area contributed by atoms with Crippen LogP contribution in [0.2, 0.25) is 0 Å². The van der Waals surface area contributed by atoms with E-state index in [4.69, 9.17) is 9.57 Å². The van der Waals surface area contributed by atoms with Crippen LogP contribution < -0.4 is 0 Å². The number of hydrogen-bond acceptors (Lipinski definition) is 5. The van der Waals surface area contributed by atoms with Crippen LogP contribution in [-0.2, 0) is 22.3 Å². The van der Waals surface area contributed by atoms with Crippen molar-refractivity contribution in [1.29, 1.82) is 0 Å². The fourth-order valence-corrected chi connectivity index (χ4v) is 3.73. The number of oxime groups is 1. The van der Waals surface area contributed by atoms with Crippen molar-refractivity contribution in [1.82, 2.24) is 4.90 Å². The summed E-state index contributed by atoms with van der Waals surface area (Å²) in [6, 6.07) is 11.1. The van der Waals surface area contributed by atoms with Crippen LogP contribution in [0.25, 0.3) is 0 Å². The maximum atomic E-state index is 13.2. The summed E-state index contributed by atoms with van der Waals surface area (Å²) in [5, 5.41) is 14.6. The Morgan fingerprint density at radius 3 is 2.56 bits per heavy atom. The number of rotatable bonds is 11. The molecule has 2 atom stereocenters. The van der Waals surface area contributed by atoms with E-state index in [1.54, 1.807) is 18.2 Å². The molecule has 5 nitrogen and oxygen atoms in total. The van der Waals surface area contributed by atoms with Crippen molar-refractivity contribution >= 4 is 5.71 Å². The van der Waals surface area contributed by atoms with Crippen molar-refractivity contribution in [2.75, 3.05) is 26.3 Å². The second-order valence-electron chi connectivity index (χ2n) is 8.95. The molecule has 0 bridgehead atoms. The molecule has 0 aliphatic carbocycles. The summed E-state index contributed by atoms with van der Waals surface area (Å²) in [6.45, 7) is 5.36. The summed E-state index contributed by atoms with van der Waals surface area (Å²) < 4.78 is 58.2. The lowest BCUT2D eigenvalue weighted by molar-refractivity contribution is -0.137. The number of aliphatic hydroxyl groups is 1. The van der Waals surface area contributed by atoms with Crippen LogP contribution in [0.15, 0.2) is 53.7 Å². The van der Waals surface area contributed by atoms with Crippen molar-refractivity contribution < 1.29 is 32.2 Å². The van der Waals surface area contributed by atoms with E-state index in [2.05, 4.69) is 5.16 Å². The molecule has 0 saturated heterocycles. The molecule has 1 N–H and O–H groups in total. The molecule has 3 rings (SSSR count). The van der Waals surface area contributed by atoms with Crippen LogP contribution >= 0.6 is 0 Å². The molecule has 0 radical (unpaired) electrons. The summed E-state index contributed by atoms with van der Waals surface area (Å²) in [5.74, 6) is -0.0249. The molecule has 0 amide bonds. The van der Waals surface area contributed by atoms with Crippen molar-refractivity contribution in [3.8, 4) is 0 Å². The fourth-order valence-electron chi connectivity index (χ4n) is 3.73. The molecule has 0 fully saturated rings. The maximum Gasteiger partial charge on any atom is 0.416 e. The number of benzene rings is 2. The van der Waals surface area contributed by atoms with Gasteiger partial charge >= 0.3 is 6.18 Å². The van der Waals surface area contributed by atoms with Crippen LogP contribution in [0.4, 0.5) is 17.6 Å². The van der Waals surface area contributed by atoms with E-state index >= 15 is 0 Å². The van der Waals surface area contributed by atoms with E-state index in [1.165, 1.54) is 18.2 Å². The highest BCUT2D eigenvalue weighted by molar-refractivity contribution is 6.01. The van der Waals surface area contributed by atoms with Gasteiger partial charge in [0.2, 0.25) is 0 Å². The molecule has 186 valence electrons. The van der Waals surface area contributed by atoms with Crippen LogP contribution in [0, 0.1) is 11.7 Å². The topological polar surface area (TPSA) is 54.3 Å². The molecule has 0 aromatic heterocycles. The van der Waals surface area contributed by atoms with Gasteiger partial charge in [-0.3, -0.25) is 4.90 Å². The summed E-state index contributed by atoms with van der Waals surface area (Å²) in [6.07, 6.45) is -5.14. The van der Waals surface area contributed by atoms with E-state index in [0.717, 1.165) is 17.7 Å². The first kappa shape index (κ1) is 26.1. The fraction of sp³-hybridized carbons (Fsp3) is 0.480. The third-order valence-electron chi connectivity index (χ3n) is 5.26. The molecule has 0 unspecified atom stereocenters. The van der Waals surface area contributed by atoms with Gasteiger partial charge in [-0.2, -0.15) is 13.2 Å². The summed E-state index contributed by atoms with van der Waals surface area (Å²) in [5.41, 5.74) is 1.17. The van der Waals surface area contributed by atoms with Gasteiger partial charge in [0.05, 0.1) is 24.0 Å².